The van der Waals surface area contributed by atoms with Crippen molar-refractivity contribution in [2.75, 3.05) is 13.1 Å². The Balaban J connectivity index is 0.00000117. The van der Waals surface area contributed by atoms with Crippen molar-refractivity contribution in [2.45, 2.75) is 39.3 Å². The molecule has 1 aliphatic rings. The third-order valence-electron chi connectivity index (χ3n) is 4.35. The van der Waals surface area contributed by atoms with Crippen LogP contribution in [0.4, 0.5) is 13.2 Å². The van der Waals surface area contributed by atoms with Crippen LogP contribution in [0.15, 0.2) is 30.5 Å². The Bertz CT molecular complexity index is 762. The van der Waals surface area contributed by atoms with E-state index in [0.29, 0.717) is 0 Å². The molecule has 0 bridgehead atoms. The first kappa shape index (κ1) is 20.2. The summed E-state index contributed by atoms with van der Waals surface area (Å²) in [6.07, 6.45) is 1.36. The van der Waals surface area contributed by atoms with Crippen LogP contribution in [-0.2, 0) is 11.2 Å². The smallest absolute Gasteiger partial charge is 0.361 e. The Labute approximate surface area is 151 Å². The van der Waals surface area contributed by atoms with Gasteiger partial charge in [0.25, 0.3) is 0 Å². The highest BCUT2D eigenvalue weighted by Crippen LogP contribution is 2.36. The SMILES string of the molecule is CC.O=CC(/C=C1\CCc2c[nH]c3cccc1c23)CNCCC(F)(F)F. The minimum Gasteiger partial charge on any atom is -0.361 e. The lowest BCUT2D eigenvalue weighted by Crippen LogP contribution is -2.27. The van der Waals surface area contributed by atoms with Gasteiger partial charge in [-0.25, -0.2) is 0 Å². The van der Waals surface area contributed by atoms with Gasteiger partial charge in [0.2, 0.25) is 0 Å². The molecule has 1 unspecified atom stereocenters. The quantitative estimate of drug-likeness (QED) is 0.565. The maximum absolute atomic E-state index is 12.1. The highest BCUT2D eigenvalue weighted by atomic mass is 19.4. The molecule has 0 radical (unpaired) electrons. The number of allylic oxidation sites excluding steroid dienone is 1. The number of halogens is 3. The van der Waals surface area contributed by atoms with Gasteiger partial charge in [0, 0.05) is 36.1 Å². The number of hydrogen-bond donors (Lipinski definition) is 2. The molecule has 0 amide bonds. The second-order valence-corrected chi connectivity index (χ2v) is 6.10. The van der Waals surface area contributed by atoms with Crippen molar-refractivity contribution in [3.05, 3.63) is 41.6 Å². The number of aromatic nitrogens is 1. The average molecular weight is 366 g/mol. The van der Waals surface area contributed by atoms with Gasteiger partial charge in [0.1, 0.15) is 6.29 Å². The molecule has 0 aliphatic heterocycles. The number of aryl methyl sites for hydroxylation is 1. The third-order valence-corrected chi connectivity index (χ3v) is 4.35. The fourth-order valence-corrected chi connectivity index (χ4v) is 3.20. The Morgan fingerprint density at radius 3 is 2.73 bits per heavy atom. The van der Waals surface area contributed by atoms with Gasteiger partial charge in [-0.15, -0.1) is 0 Å². The molecule has 1 aromatic carbocycles. The van der Waals surface area contributed by atoms with Crippen LogP contribution in [0, 0.1) is 5.92 Å². The van der Waals surface area contributed by atoms with Crippen LogP contribution < -0.4 is 5.32 Å². The number of aromatic amines is 1. The number of carbonyl (C=O) groups is 1. The van der Waals surface area contributed by atoms with Crippen molar-refractivity contribution in [1.82, 2.24) is 10.3 Å². The van der Waals surface area contributed by atoms with Crippen LogP contribution in [0.1, 0.15) is 37.8 Å². The van der Waals surface area contributed by atoms with Crippen molar-refractivity contribution in [2.24, 2.45) is 5.92 Å². The molecule has 1 aliphatic carbocycles. The van der Waals surface area contributed by atoms with Crippen LogP contribution >= 0.6 is 0 Å². The normalized spacial score (nSPS) is 16.3. The average Bonchev–Trinajstić information content (AvgIpc) is 3.05. The van der Waals surface area contributed by atoms with Gasteiger partial charge in [-0.3, -0.25) is 0 Å². The minimum atomic E-state index is -4.17. The molecule has 2 aromatic rings. The summed E-state index contributed by atoms with van der Waals surface area (Å²) in [5, 5.41) is 3.90. The van der Waals surface area contributed by atoms with Gasteiger partial charge in [-0.05, 0) is 35.6 Å². The summed E-state index contributed by atoms with van der Waals surface area (Å²) < 4.78 is 36.4. The maximum atomic E-state index is 12.1. The summed E-state index contributed by atoms with van der Waals surface area (Å²) in [6.45, 7) is 4.05. The molecule has 1 atom stereocenters. The second-order valence-electron chi connectivity index (χ2n) is 6.10. The van der Waals surface area contributed by atoms with Crippen LogP contribution in [0.3, 0.4) is 0 Å². The van der Waals surface area contributed by atoms with E-state index in [9.17, 15) is 18.0 Å². The van der Waals surface area contributed by atoms with Gasteiger partial charge in [-0.1, -0.05) is 32.1 Å². The van der Waals surface area contributed by atoms with Gasteiger partial charge < -0.3 is 15.1 Å². The molecule has 1 aromatic heterocycles. The Hall–Kier alpha value is -2.08. The number of nitrogens with one attached hydrogen (secondary N) is 2. The summed E-state index contributed by atoms with van der Waals surface area (Å²) in [4.78, 5) is 14.5. The van der Waals surface area contributed by atoms with Crippen LogP contribution in [0.5, 0.6) is 0 Å². The molecule has 1 heterocycles. The number of carbonyl (C=O) groups excluding carboxylic acids is 1. The first-order valence-corrected chi connectivity index (χ1v) is 9.01. The predicted molar refractivity (Wildman–Crippen MR) is 99.0 cm³/mol. The molecular formula is C20H25F3N2O. The Kier molecular flexibility index (Phi) is 7.03. The fraction of sp³-hybridized carbons (Fsp3) is 0.450. The lowest BCUT2D eigenvalue weighted by Gasteiger charge is -2.18. The van der Waals surface area contributed by atoms with Gasteiger partial charge in [0.05, 0.1) is 6.42 Å². The standard InChI is InChI=1S/C18H19F3N2O.C2H6/c19-18(20,21)6-7-22-9-12(11-24)8-13-4-5-14-10-23-16-3-1-2-15(13)17(14)16;1-2/h1-3,8,10-12,22-23H,4-7,9H2;1-2H3/b13-8+;. The molecular weight excluding hydrogens is 341 g/mol. The van der Waals surface area contributed by atoms with Crippen molar-refractivity contribution < 1.29 is 18.0 Å². The summed E-state index contributed by atoms with van der Waals surface area (Å²) in [5.41, 5.74) is 4.53. The highest BCUT2D eigenvalue weighted by molar-refractivity contribution is 5.97. The van der Waals surface area contributed by atoms with Crippen molar-refractivity contribution >= 4 is 22.8 Å². The lowest BCUT2D eigenvalue weighted by atomic mass is 9.87. The maximum Gasteiger partial charge on any atom is 0.390 e. The first-order chi connectivity index (χ1) is 12.5. The highest BCUT2D eigenvalue weighted by Gasteiger charge is 2.26. The van der Waals surface area contributed by atoms with Crippen molar-refractivity contribution in [1.29, 1.82) is 0 Å². The molecule has 0 fully saturated rings. The molecule has 142 valence electrons. The van der Waals surface area contributed by atoms with Gasteiger partial charge >= 0.3 is 6.18 Å². The summed E-state index contributed by atoms with van der Waals surface area (Å²) >= 11 is 0. The number of H-pyrrole nitrogens is 1. The predicted octanol–water partition coefficient (Wildman–Crippen LogP) is 4.88. The number of alkyl halides is 3. The molecule has 6 heteroatoms. The van der Waals surface area contributed by atoms with Gasteiger partial charge in [-0.2, -0.15) is 13.2 Å². The molecule has 3 rings (SSSR count). The molecule has 3 nitrogen and oxygen atoms in total. The largest absolute Gasteiger partial charge is 0.390 e. The van der Waals surface area contributed by atoms with E-state index in [1.54, 1.807) is 0 Å². The van der Waals surface area contributed by atoms with Crippen LogP contribution in [-0.4, -0.2) is 30.5 Å². The monoisotopic (exact) mass is 366 g/mol. The van der Waals surface area contributed by atoms with E-state index < -0.39 is 18.5 Å². The van der Waals surface area contributed by atoms with Crippen molar-refractivity contribution in [3.63, 3.8) is 0 Å². The number of rotatable bonds is 6. The fourth-order valence-electron chi connectivity index (χ4n) is 3.20. The van der Waals surface area contributed by atoms with E-state index >= 15 is 0 Å². The molecule has 2 N–H and O–H groups in total. The van der Waals surface area contributed by atoms with Crippen LogP contribution in [0.25, 0.3) is 16.5 Å². The summed E-state index contributed by atoms with van der Waals surface area (Å²) in [5.74, 6) is -0.427. The van der Waals surface area contributed by atoms with Gasteiger partial charge in [0.15, 0.2) is 0 Å². The second kappa shape index (κ2) is 9.03. The molecule has 0 saturated heterocycles. The summed E-state index contributed by atoms with van der Waals surface area (Å²) in [6, 6.07) is 6.01. The summed E-state index contributed by atoms with van der Waals surface area (Å²) in [7, 11) is 0. The molecule has 0 spiro atoms. The Morgan fingerprint density at radius 1 is 1.27 bits per heavy atom. The van der Waals surface area contributed by atoms with E-state index in [-0.39, 0.29) is 13.1 Å². The van der Waals surface area contributed by atoms with E-state index in [0.717, 1.165) is 35.8 Å². The number of benzene rings is 1. The topological polar surface area (TPSA) is 44.9 Å². The zero-order valence-corrected chi connectivity index (χ0v) is 15.1. The van der Waals surface area contributed by atoms with E-state index in [4.69, 9.17) is 0 Å². The molecule has 26 heavy (non-hydrogen) atoms. The van der Waals surface area contributed by atoms with E-state index in [1.807, 2.05) is 44.3 Å². The lowest BCUT2D eigenvalue weighted by molar-refractivity contribution is -0.133. The first-order valence-electron chi connectivity index (χ1n) is 9.01. The van der Waals surface area contributed by atoms with Crippen LogP contribution in [0.2, 0.25) is 0 Å². The zero-order valence-electron chi connectivity index (χ0n) is 15.1. The zero-order chi connectivity index (χ0) is 19.2. The number of aldehydes is 1. The van der Waals surface area contributed by atoms with E-state index in [1.165, 1.54) is 10.9 Å². The number of hydrogen-bond acceptors (Lipinski definition) is 2. The minimum absolute atomic E-state index is 0.172. The van der Waals surface area contributed by atoms with Crippen molar-refractivity contribution in [3.8, 4) is 0 Å². The van der Waals surface area contributed by atoms with E-state index in [2.05, 4.69) is 10.3 Å². The Morgan fingerprint density at radius 2 is 2.04 bits per heavy atom. The molecule has 0 saturated carbocycles. The third kappa shape index (κ3) is 4.97.